The molecule has 1 fully saturated rings. The first-order chi connectivity index (χ1) is 20.2. The molecule has 0 radical (unpaired) electrons. The third-order valence-electron chi connectivity index (χ3n) is 7.96. The van der Waals surface area contributed by atoms with E-state index in [2.05, 4.69) is 15.3 Å². The first-order valence-electron chi connectivity index (χ1n) is 13.8. The molecule has 10 nitrogen and oxygen atoms in total. The average molecular weight is 601 g/mol. The molecule has 232 valence electrons. The van der Waals surface area contributed by atoms with Gasteiger partial charge in [0.25, 0.3) is 5.91 Å². The number of aryl methyl sites for hydroxylation is 2. The van der Waals surface area contributed by atoms with Crippen molar-refractivity contribution < 1.29 is 22.7 Å². The third kappa shape index (κ3) is 6.89. The van der Waals surface area contributed by atoms with Crippen molar-refractivity contribution >= 4 is 28.7 Å². The van der Waals surface area contributed by atoms with E-state index in [0.717, 1.165) is 36.2 Å². The van der Waals surface area contributed by atoms with Gasteiger partial charge in [-0.15, -0.1) is 0 Å². The number of aromatic nitrogens is 2. The van der Waals surface area contributed by atoms with Gasteiger partial charge in [0.15, 0.2) is 5.75 Å². The number of hydrogen-bond donors (Lipinski definition) is 3. The lowest BCUT2D eigenvalue weighted by Gasteiger charge is -2.37. The molecule has 0 atom stereocenters. The molecule has 5 N–H and O–H groups in total. The summed E-state index contributed by atoms with van der Waals surface area (Å²) >= 11 is 0. The molecule has 1 amide bonds. The Bertz CT molecular complexity index is 1510. The number of anilines is 3. The van der Waals surface area contributed by atoms with Gasteiger partial charge in [0.1, 0.15) is 0 Å². The van der Waals surface area contributed by atoms with Gasteiger partial charge in [-0.2, -0.15) is 18.3 Å². The van der Waals surface area contributed by atoms with Gasteiger partial charge in [0.05, 0.1) is 41.6 Å². The zero-order valence-corrected chi connectivity index (χ0v) is 25.3. The van der Waals surface area contributed by atoms with E-state index in [-0.39, 0.29) is 22.7 Å². The van der Waals surface area contributed by atoms with Crippen LogP contribution in [0.3, 0.4) is 0 Å². The molecule has 13 heteroatoms. The number of nitrogens with zero attached hydrogens (tertiary/aromatic N) is 5. The van der Waals surface area contributed by atoms with E-state index < -0.39 is 17.6 Å². The van der Waals surface area contributed by atoms with E-state index in [9.17, 15) is 18.0 Å². The summed E-state index contributed by atoms with van der Waals surface area (Å²) in [5.74, 6) is 5.87. The number of nitrogens with one attached hydrogen (secondary N) is 1. The second kappa shape index (κ2) is 12.6. The van der Waals surface area contributed by atoms with Crippen LogP contribution in [-0.4, -0.2) is 60.9 Å². The number of benzene rings is 2. The number of alkyl halides is 3. The molecule has 1 saturated heterocycles. The first-order valence-corrected chi connectivity index (χ1v) is 13.8. The highest BCUT2D eigenvalue weighted by Gasteiger charge is 2.34. The fourth-order valence-corrected chi connectivity index (χ4v) is 5.24. The quantitative estimate of drug-likeness (QED) is 0.256. The maximum atomic E-state index is 14.0. The van der Waals surface area contributed by atoms with Crippen molar-refractivity contribution in [3.05, 3.63) is 70.7 Å². The van der Waals surface area contributed by atoms with E-state index in [1.165, 1.54) is 18.3 Å². The number of carbonyl (C=O) groups excluding carboxylic acids is 1. The smallest absolute Gasteiger partial charge is 0.416 e. The third-order valence-corrected chi connectivity index (χ3v) is 7.96. The predicted octanol–water partition coefficient (Wildman–Crippen LogP) is 4.48. The minimum atomic E-state index is -4.63. The summed E-state index contributed by atoms with van der Waals surface area (Å²) in [5, 5.41) is 8.14. The number of halogens is 3. The fourth-order valence-electron chi connectivity index (χ4n) is 5.24. The number of rotatable bonds is 8. The van der Waals surface area contributed by atoms with Crippen LogP contribution in [0.2, 0.25) is 0 Å². The van der Waals surface area contributed by atoms with Crippen LogP contribution in [0.5, 0.6) is 5.75 Å². The van der Waals surface area contributed by atoms with Gasteiger partial charge >= 0.3 is 6.18 Å². The lowest BCUT2D eigenvalue weighted by Crippen LogP contribution is -2.42. The predicted molar refractivity (Wildman–Crippen MR) is 163 cm³/mol. The number of hydrogen-bond acceptors (Lipinski definition) is 8. The molecule has 4 rings (SSSR count). The number of hydrazine groups is 1. The molecule has 2 aromatic carbocycles. The van der Waals surface area contributed by atoms with Crippen LogP contribution in [0, 0.1) is 13.8 Å². The Hall–Kier alpha value is -4.23. The number of amides is 1. The fraction of sp³-hybridized carbons (Fsp3) is 0.400. The number of methoxy groups -OCH3 is 1. The number of piperidine rings is 1. The lowest BCUT2D eigenvalue weighted by molar-refractivity contribution is -0.137. The second-order valence-electron chi connectivity index (χ2n) is 11.0. The van der Waals surface area contributed by atoms with Gasteiger partial charge in [-0.25, -0.2) is 5.84 Å². The van der Waals surface area contributed by atoms with Crippen LogP contribution in [0.1, 0.15) is 45.6 Å². The van der Waals surface area contributed by atoms with E-state index >= 15 is 0 Å². The van der Waals surface area contributed by atoms with Crippen molar-refractivity contribution in [3.8, 4) is 5.75 Å². The van der Waals surface area contributed by atoms with E-state index in [1.54, 1.807) is 36.1 Å². The van der Waals surface area contributed by atoms with Crippen molar-refractivity contribution in [2.75, 3.05) is 49.5 Å². The van der Waals surface area contributed by atoms with Crippen LogP contribution < -0.4 is 31.5 Å². The molecule has 0 spiro atoms. The molecule has 0 unspecified atom stereocenters. The topological polar surface area (TPSA) is 118 Å². The number of ether oxygens (including phenoxy) is 1. The van der Waals surface area contributed by atoms with Crippen molar-refractivity contribution in [3.63, 3.8) is 0 Å². The minimum absolute atomic E-state index is 0.0741. The van der Waals surface area contributed by atoms with Gasteiger partial charge < -0.3 is 25.6 Å². The molecular formula is C30H39F3N8O2. The summed E-state index contributed by atoms with van der Waals surface area (Å²) < 4.78 is 49.3. The van der Waals surface area contributed by atoms with Crippen LogP contribution in [0.4, 0.5) is 30.2 Å². The maximum absolute atomic E-state index is 14.0. The Morgan fingerprint density at radius 1 is 1.16 bits per heavy atom. The van der Waals surface area contributed by atoms with Crippen LogP contribution in [0.25, 0.3) is 5.70 Å². The van der Waals surface area contributed by atoms with E-state index in [0.29, 0.717) is 36.1 Å². The Kier molecular flexibility index (Phi) is 9.26. The Balaban J connectivity index is 1.65. The summed E-state index contributed by atoms with van der Waals surface area (Å²) in [6, 6.07) is 7.15. The van der Waals surface area contributed by atoms with Crippen LogP contribution in [-0.2, 0) is 13.2 Å². The Labute approximate surface area is 249 Å². The largest absolute Gasteiger partial charge is 0.492 e. The monoisotopic (exact) mass is 600 g/mol. The zero-order chi connectivity index (χ0) is 31.6. The van der Waals surface area contributed by atoms with Crippen molar-refractivity contribution in [2.24, 2.45) is 18.6 Å². The van der Waals surface area contributed by atoms with Crippen molar-refractivity contribution in [1.29, 1.82) is 0 Å². The molecular weight excluding hydrogens is 561 g/mol. The van der Waals surface area contributed by atoms with Gasteiger partial charge in [0, 0.05) is 49.2 Å². The summed E-state index contributed by atoms with van der Waals surface area (Å²) in [6.07, 6.45) is 0.102. The number of nitrogens with two attached hydrogens (primary N) is 2. The highest BCUT2D eigenvalue weighted by Crippen LogP contribution is 2.43. The molecule has 0 aliphatic carbocycles. The SMILES string of the molecule is COc1c(NC(=O)c2ccc(C)c(N(N)/C=C(\N)c3cnn(C)c3C)c2)cc(C(F)(F)F)cc1N1CCC(N(C)C)CC1. The normalized spacial score (nSPS) is 14.8. The molecule has 3 aromatic rings. The average Bonchev–Trinajstić information content (AvgIpc) is 3.29. The molecule has 0 bridgehead atoms. The minimum Gasteiger partial charge on any atom is -0.492 e. The highest BCUT2D eigenvalue weighted by molar-refractivity contribution is 6.06. The molecule has 0 saturated carbocycles. The summed E-state index contributed by atoms with van der Waals surface area (Å²) in [4.78, 5) is 17.4. The summed E-state index contributed by atoms with van der Waals surface area (Å²) in [7, 11) is 7.16. The molecule has 1 aliphatic rings. The second-order valence-corrected chi connectivity index (χ2v) is 11.0. The van der Waals surface area contributed by atoms with Gasteiger partial charge in [-0.05, 0) is 70.6 Å². The van der Waals surface area contributed by atoms with Crippen molar-refractivity contribution in [1.82, 2.24) is 14.7 Å². The highest BCUT2D eigenvalue weighted by atomic mass is 19.4. The van der Waals surface area contributed by atoms with Crippen molar-refractivity contribution in [2.45, 2.75) is 38.9 Å². The standard InChI is InChI=1S/C30H39F3N8O2/c1-18-7-8-20(13-26(18)41(35)17-24(34)23-16-36-39(5)19(23)2)29(42)37-25-14-21(30(31,32)33)15-27(28(25)43-6)40-11-9-22(10-12-40)38(3)4/h7-8,13-17,22H,9-12,34-35H2,1-6H3,(H,37,42)/b24-17-. The lowest BCUT2D eigenvalue weighted by atomic mass is 10.0. The number of carbonyl (C=O) groups is 1. The summed E-state index contributed by atoms with van der Waals surface area (Å²) in [5.41, 5.74) is 8.97. The molecule has 1 aromatic heterocycles. The van der Waals surface area contributed by atoms with Gasteiger partial charge in [-0.1, -0.05) is 6.07 Å². The molecule has 43 heavy (non-hydrogen) atoms. The maximum Gasteiger partial charge on any atom is 0.416 e. The zero-order valence-electron chi connectivity index (χ0n) is 25.3. The Morgan fingerprint density at radius 2 is 1.84 bits per heavy atom. The molecule has 1 aliphatic heterocycles. The Morgan fingerprint density at radius 3 is 2.40 bits per heavy atom. The molecule has 2 heterocycles. The van der Waals surface area contributed by atoms with Crippen LogP contribution >= 0.6 is 0 Å². The summed E-state index contributed by atoms with van der Waals surface area (Å²) in [6.45, 7) is 4.80. The van der Waals surface area contributed by atoms with E-state index in [4.69, 9.17) is 16.3 Å². The first kappa shape index (κ1) is 31.7. The van der Waals surface area contributed by atoms with Gasteiger partial charge in [-0.3, -0.25) is 14.5 Å². The van der Waals surface area contributed by atoms with Gasteiger partial charge in [0.2, 0.25) is 0 Å². The van der Waals surface area contributed by atoms with Crippen LogP contribution in [0.15, 0.2) is 42.7 Å². The van der Waals surface area contributed by atoms with E-state index in [1.807, 2.05) is 32.8 Å².